The molecular weight excluding hydrogens is 448 g/mol. The van der Waals surface area contributed by atoms with Crippen molar-refractivity contribution in [3.05, 3.63) is 45.6 Å². The number of rotatable bonds is 5. The largest absolute Gasteiger partial charge is 0.334 e. The first kappa shape index (κ1) is 20.8. The van der Waals surface area contributed by atoms with Crippen LogP contribution >= 0.6 is 22.9 Å². The van der Waals surface area contributed by atoms with Gasteiger partial charge in [0.25, 0.3) is 10.0 Å². The molecule has 3 heterocycles. The normalized spacial score (nSPS) is 14.3. The van der Waals surface area contributed by atoms with Crippen molar-refractivity contribution >= 4 is 44.6 Å². The van der Waals surface area contributed by atoms with Crippen molar-refractivity contribution in [2.24, 2.45) is 0 Å². The molecule has 3 aromatic rings. The number of nitrogens with one attached hydrogen (secondary N) is 1. The zero-order valence-electron chi connectivity index (χ0n) is 16.3. The number of sulfonamides is 1. The highest BCUT2D eigenvalue weighted by molar-refractivity contribution is 7.93. The lowest BCUT2D eigenvalue weighted by Gasteiger charge is -2.10. The fraction of sp³-hybridized carbons (Fsp3) is 0.316. The molecule has 0 aliphatic carbocycles. The first-order valence-electron chi connectivity index (χ1n) is 9.27. The minimum absolute atomic E-state index is 0.0879. The van der Waals surface area contributed by atoms with Crippen molar-refractivity contribution in [3.8, 4) is 10.7 Å². The number of carbonyl (C=O) groups excluding carboxylic acids is 1. The minimum Gasteiger partial charge on any atom is -0.334 e. The molecule has 0 bridgehead atoms. The standard InChI is InChI=1S/C19H19ClN4O4S2/c1-11-5-6-13(20)9-14(11)23-30(26,27)16-10-15(29-12(16)2)17-21-18(28-22-17)19(25)24-7-3-4-8-24/h5-6,9-10,23H,3-4,7-8H2,1-2H3. The Balaban J connectivity index is 1.60. The number of anilines is 1. The summed E-state index contributed by atoms with van der Waals surface area (Å²) >= 11 is 7.21. The Morgan fingerprint density at radius 2 is 1.97 bits per heavy atom. The second-order valence-electron chi connectivity index (χ2n) is 7.02. The summed E-state index contributed by atoms with van der Waals surface area (Å²) in [5.41, 5.74) is 1.16. The molecule has 2 aromatic heterocycles. The van der Waals surface area contributed by atoms with E-state index in [4.69, 9.17) is 16.1 Å². The topological polar surface area (TPSA) is 105 Å². The maximum absolute atomic E-state index is 12.9. The molecule has 1 N–H and O–H groups in total. The number of aromatic nitrogens is 2. The summed E-state index contributed by atoms with van der Waals surface area (Å²) in [5, 5.41) is 4.30. The zero-order valence-corrected chi connectivity index (χ0v) is 18.7. The van der Waals surface area contributed by atoms with Crippen LogP contribution in [0, 0.1) is 13.8 Å². The molecule has 0 radical (unpaired) electrons. The van der Waals surface area contributed by atoms with E-state index in [9.17, 15) is 13.2 Å². The van der Waals surface area contributed by atoms with E-state index in [1.807, 2.05) is 0 Å². The number of benzene rings is 1. The van der Waals surface area contributed by atoms with Gasteiger partial charge in [0.15, 0.2) is 0 Å². The maximum Gasteiger partial charge on any atom is 0.316 e. The number of carbonyl (C=O) groups is 1. The Morgan fingerprint density at radius 3 is 2.70 bits per heavy atom. The van der Waals surface area contributed by atoms with E-state index in [1.165, 1.54) is 17.4 Å². The molecule has 0 saturated carbocycles. The van der Waals surface area contributed by atoms with Crippen molar-refractivity contribution in [2.75, 3.05) is 17.8 Å². The molecule has 1 saturated heterocycles. The van der Waals surface area contributed by atoms with Crippen LogP contribution in [0.4, 0.5) is 5.69 Å². The Labute approximate surface area is 182 Å². The summed E-state index contributed by atoms with van der Waals surface area (Å²) in [6, 6.07) is 6.48. The molecule has 158 valence electrons. The Morgan fingerprint density at radius 1 is 1.23 bits per heavy atom. The van der Waals surface area contributed by atoms with E-state index >= 15 is 0 Å². The number of hydrogen-bond acceptors (Lipinski definition) is 7. The summed E-state index contributed by atoms with van der Waals surface area (Å²) in [7, 11) is -3.85. The lowest BCUT2D eigenvalue weighted by molar-refractivity contribution is 0.0743. The van der Waals surface area contributed by atoms with Crippen LogP contribution in [-0.4, -0.2) is 42.5 Å². The summed E-state index contributed by atoms with van der Waals surface area (Å²) < 4.78 is 33.6. The average Bonchev–Trinajstić information content (AvgIpc) is 3.43. The first-order chi connectivity index (χ1) is 14.2. The molecule has 0 spiro atoms. The van der Waals surface area contributed by atoms with Gasteiger partial charge in [-0.15, -0.1) is 11.3 Å². The van der Waals surface area contributed by atoms with Crippen molar-refractivity contribution < 1.29 is 17.7 Å². The van der Waals surface area contributed by atoms with Gasteiger partial charge in [-0.2, -0.15) is 4.98 Å². The number of likely N-dealkylation sites (tertiary alicyclic amines) is 1. The van der Waals surface area contributed by atoms with E-state index in [1.54, 1.807) is 36.9 Å². The van der Waals surface area contributed by atoms with Crippen LogP contribution < -0.4 is 4.72 Å². The van der Waals surface area contributed by atoms with Crippen LogP contribution in [0.2, 0.25) is 5.02 Å². The second-order valence-corrected chi connectivity index (χ2v) is 10.4. The zero-order chi connectivity index (χ0) is 21.5. The van der Waals surface area contributed by atoms with Gasteiger partial charge in [-0.3, -0.25) is 9.52 Å². The lowest BCUT2D eigenvalue weighted by Crippen LogP contribution is -2.27. The molecule has 0 atom stereocenters. The third-order valence-electron chi connectivity index (χ3n) is 4.83. The molecule has 1 aliphatic heterocycles. The number of hydrogen-bond donors (Lipinski definition) is 1. The average molecular weight is 467 g/mol. The lowest BCUT2D eigenvalue weighted by atomic mass is 10.2. The SMILES string of the molecule is Cc1ccc(Cl)cc1NS(=O)(=O)c1cc(-c2noc(C(=O)N3CCCC3)n2)sc1C. The van der Waals surface area contributed by atoms with Crippen molar-refractivity contribution in [1.29, 1.82) is 0 Å². The molecule has 1 aromatic carbocycles. The van der Waals surface area contributed by atoms with Crippen LogP contribution in [-0.2, 0) is 10.0 Å². The van der Waals surface area contributed by atoms with E-state index in [0.717, 1.165) is 18.4 Å². The van der Waals surface area contributed by atoms with Crippen LogP contribution in [0.1, 0.15) is 34.0 Å². The van der Waals surface area contributed by atoms with E-state index < -0.39 is 10.0 Å². The van der Waals surface area contributed by atoms with E-state index in [-0.39, 0.29) is 22.5 Å². The monoisotopic (exact) mass is 466 g/mol. The molecule has 0 unspecified atom stereocenters. The highest BCUT2D eigenvalue weighted by atomic mass is 35.5. The maximum atomic E-state index is 12.9. The minimum atomic E-state index is -3.85. The van der Waals surface area contributed by atoms with Gasteiger partial charge in [0.05, 0.1) is 10.6 Å². The quantitative estimate of drug-likeness (QED) is 0.606. The number of halogens is 1. The van der Waals surface area contributed by atoms with Crippen molar-refractivity contribution in [2.45, 2.75) is 31.6 Å². The fourth-order valence-corrected chi connectivity index (χ4v) is 6.02. The highest BCUT2D eigenvalue weighted by Gasteiger charge is 2.27. The third-order valence-corrected chi connectivity index (χ3v) is 7.73. The molecule has 8 nitrogen and oxygen atoms in total. The van der Waals surface area contributed by atoms with Gasteiger partial charge in [-0.1, -0.05) is 22.8 Å². The molecule has 1 fully saturated rings. The van der Waals surface area contributed by atoms with Gasteiger partial charge in [0.1, 0.15) is 4.90 Å². The van der Waals surface area contributed by atoms with Crippen molar-refractivity contribution in [1.82, 2.24) is 15.0 Å². The van der Waals surface area contributed by atoms with Gasteiger partial charge in [0.2, 0.25) is 5.82 Å². The van der Waals surface area contributed by atoms with Crippen LogP contribution in [0.5, 0.6) is 0 Å². The van der Waals surface area contributed by atoms with Crippen LogP contribution in [0.3, 0.4) is 0 Å². The first-order valence-corrected chi connectivity index (χ1v) is 11.9. The summed E-state index contributed by atoms with van der Waals surface area (Å²) in [5.74, 6) is -0.202. The summed E-state index contributed by atoms with van der Waals surface area (Å²) in [6.07, 6.45) is 1.91. The van der Waals surface area contributed by atoms with E-state index in [2.05, 4.69) is 14.9 Å². The molecule has 11 heteroatoms. The summed E-state index contributed by atoms with van der Waals surface area (Å²) in [4.78, 5) is 19.4. The third kappa shape index (κ3) is 4.07. The smallest absolute Gasteiger partial charge is 0.316 e. The van der Waals surface area contributed by atoms with E-state index in [0.29, 0.717) is 33.6 Å². The Bertz CT molecular complexity index is 1210. The molecule has 1 amide bonds. The fourth-order valence-electron chi connectivity index (χ4n) is 3.21. The highest BCUT2D eigenvalue weighted by Crippen LogP contribution is 2.34. The predicted molar refractivity (Wildman–Crippen MR) is 114 cm³/mol. The van der Waals surface area contributed by atoms with Crippen LogP contribution in [0.15, 0.2) is 33.7 Å². The van der Waals surface area contributed by atoms with Crippen molar-refractivity contribution in [3.63, 3.8) is 0 Å². The molecule has 30 heavy (non-hydrogen) atoms. The van der Waals surface area contributed by atoms with Gasteiger partial charge in [-0.25, -0.2) is 8.42 Å². The number of nitrogens with zero attached hydrogens (tertiary/aromatic N) is 3. The van der Waals surface area contributed by atoms with Crippen LogP contribution in [0.25, 0.3) is 10.7 Å². The molecular formula is C19H19ClN4O4S2. The second kappa shape index (κ2) is 8.01. The van der Waals surface area contributed by atoms with Gasteiger partial charge in [0, 0.05) is 23.0 Å². The predicted octanol–water partition coefficient (Wildman–Crippen LogP) is 4.11. The summed E-state index contributed by atoms with van der Waals surface area (Å²) in [6.45, 7) is 4.83. The number of amides is 1. The Kier molecular flexibility index (Phi) is 5.56. The van der Waals surface area contributed by atoms with Gasteiger partial charge < -0.3 is 9.42 Å². The Hall–Kier alpha value is -2.43. The van der Waals surface area contributed by atoms with Gasteiger partial charge in [-0.05, 0) is 50.5 Å². The number of aryl methyl sites for hydroxylation is 2. The number of thiophene rings is 1. The van der Waals surface area contributed by atoms with Gasteiger partial charge >= 0.3 is 11.8 Å². The molecule has 4 rings (SSSR count). The molecule has 1 aliphatic rings.